The monoisotopic (exact) mass is 303 g/mol. The van der Waals surface area contributed by atoms with E-state index in [4.69, 9.17) is 4.74 Å². The van der Waals surface area contributed by atoms with Crippen molar-refractivity contribution in [3.63, 3.8) is 0 Å². The molecule has 1 aliphatic heterocycles. The van der Waals surface area contributed by atoms with Gasteiger partial charge in [-0.1, -0.05) is 30.3 Å². The van der Waals surface area contributed by atoms with Gasteiger partial charge in [-0.15, -0.1) is 0 Å². The zero-order valence-electron chi connectivity index (χ0n) is 12.8. The highest BCUT2D eigenvalue weighted by Gasteiger charge is 2.11. The van der Waals surface area contributed by atoms with Crippen molar-refractivity contribution >= 4 is 16.6 Å². The van der Waals surface area contributed by atoms with Gasteiger partial charge in [-0.2, -0.15) is 0 Å². The summed E-state index contributed by atoms with van der Waals surface area (Å²) in [4.78, 5) is 8.10. The van der Waals surface area contributed by atoms with Gasteiger partial charge in [0.2, 0.25) is 0 Å². The first-order valence-electron chi connectivity index (χ1n) is 7.58. The zero-order valence-corrected chi connectivity index (χ0v) is 12.8. The Kier molecular flexibility index (Phi) is 3.35. The van der Waals surface area contributed by atoms with Crippen molar-refractivity contribution in [2.75, 3.05) is 13.7 Å². The van der Waals surface area contributed by atoms with Crippen molar-refractivity contribution in [1.82, 2.24) is 15.3 Å². The van der Waals surface area contributed by atoms with Gasteiger partial charge in [0.1, 0.15) is 11.6 Å². The van der Waals surface area contributed by atoms with Crippen LogP contribution >= 0.6 is 0 Å². The third-order valence-corrected chi connectivity index (χ3v) is 4.01. The number of aromatic amines is 1. The molecule has 4 rings (SSSR count). The molecule has 2 heterocycles. The molecule has 0 saturated heterocycles. The Hall–Kier alpha value is -3.01. The van der Waals surface area contributed by atoms with Crippen molar-refractivity contribution in [2.45, 2.75) is 0 Å². The van der Waals surface area contributed by atoms with Gasteiger partial charge in [-0.25, -0.2) is 4.98 Å². The second kappa shape index (κ2) is 5.65. The molecular formula is C19H17N3O. The smallest absolute Gasteiger partial charge is 0.136 e. The van der Waals surface area contributed by atoms with E-state index in [-0.39, 0.29) is 0 Å². The molecule has 0 saturated carbocycles. The standard InChI is InChI=1S/C19H17N3O/c1-23-18-7-3-2-6-15(18)13-8-9-16-17(11-13)22-19(21-16)14-5-4-10-20-12-14/h2-11,20H,12H2,1H3,(H,21,22). The number of ether oxygens (including phenoxy) is 1. The third kappa shape index (κ3) is 2.48. The molecule has 0 fully saturated rings. The van der Waals surface area contributed by atoms with Gasteiger partial charge in [0.05, 0.1) is 18.1 Å². The Bertz CT molecular complexity index is 921. The molecule has 0 spiro atoms. The van der Waals surface area contributed by atoms with Gasteiger partial charge in [0, 0.05) is 17.7 Å². The largest absolute Gasteiger partial charge is 0.496 e. The minimum Gasteiger partial charge on any atom is -0.496 e. The van der Waals surface area contributed by atoms with Gasteiger partial charge in [-0.3, -0.25) is 0 Å². The van der Waals surface area contributed by atoms with Crippen molar-refractivity contribution in [3.05, 3.63) is 66.6 Å². The minimum atomic E-state index is 0.787. The molecule has 0 atom stereocenters. The third-order valence-electron chi connectivity index (χ3n) is 4.01. The van der Waals surface area contributed by atoms with E-state index in [1.165, 1.54) is 0 Å². The molecular weight excluding hydrogens is 286 g/mol. The summed E-state index contributed by atoms with van der Waals surface area (Å²) in [5.41, 5.74) is 5.34. The molecule has 0 radical (unpaired) electrons. The van der Waals surface area contributed by atoms with E-state index in [1.807, 2.05) is 36.5 Å². The first-order chi connectivity index (χ1) is 11.3. The Morgan fingerprint density at radius 1 is 1.13 bits per heavy atom. The predicted octanol–water partition coefficient (Wildman–Crippen LogP) is 3.74. The highest BCUT2D eigenvalue weighted by Crippen LogP contribution is 2.31. The number of imidazole rings is 1. The van der Waals surface area contributed by atoms with Crippen molar-refractivity contribution in [3.8, 4) is 16.9 Å². The number of rotatable bonds is 3. The lowest BCUT2D eigenvalue weighted by atomic mass is 10.0. The fourth-order valence-corrected chi connectivity index (χ4v) is 2.84. The normalized spacial score (nSPS) is 13.7. The van der Waals surface area contributed by atoms with Gasteiger partial charge in [0.15, 0.2) is 0 Å². The Balaban J connectivity index is 1.79. The van der Waals surface area contributed by atoms with Crippen LogP contribution in [0.5, 0.6) is 5.75 Å². The molecule has 0 unspecified atom stereocenters. The molecule has 1 aromatic heterocycles. The first kappa shape index (κ1) is 13.6. The van der Waals surface area contributed by atoms with Crippen LogP contribution in [-0.4, -0.2) is 23.6 Å². The van der Waals surface area contributed by atoms with Crippen LogP contribution in [0.1, 0.15) is 5.82 Å². The van der Waals surface area contributed by atoms with Crippen molar-refractivity contribution < 1.29 is 4.74 Å². The lowest BCUT2D eigenvalue weighted by molar-refractivity contribution is 0.416. The molecule has 0 bridgehead atoms. The van der Waals surface area contributed by atoms with E-state index >= 15 is 0 Å². The number of benzene rings is 2. The van der Waals surface area contributed by atoms with Crippen LogP contribution in [-0.2, 0) is 0 Å². The number of H-pyrrole nitrogens is 1. The number of para-hydroxylation sites is 1. The quantitative estimate of drug-likeness (QED) is 0.775. The summed E-state index contributed by atoms with van der Waals surface area (Å²) in [5, 5.41) is 3.20. The first-order valence-corrected chi connectivity index (χ1v) is 7.58. The van der Waals surface area contributed by atoms with E-state index in [2.05, 4.69) is 39.6 Å². The van der Waals surface area contributed by atoms with Gasteiger partial charge in [-0.05, 0) is 36.0 Å². The fraction of sp³-hybridized carbons (Fsp3) is 0.105. The van der Waals surface area contributed by atoms with Crippen LogP contribution in [0, 0.1) is 0 Å². The molecule has 0 aliphatic carbocycles. The maximum absolute atomic E-state index is 5.46. The van der Waals surface area contributed by atoms with E-state index < -0.39 is 0 Å². The second-order valence-electron chi connectivity index (χ2n) is 5.45. The summed E-state index contributed by atoms with van der Waals surface area (Å²) < 4.78 is 5.46. The maximum Gasteiger partial charge on any atom is 0.136 e. The van der Waals surface area contributed by atoms with E-state index in [9.17, 15) is 0 Å². The molecule has 114 valence electrons. The molecule has 4 nitrogen and oxygen atoms in total. The lowest BCUT2D eigenvalue weighted by Gasteiger charge is -2.08. The molecule has 2 N–H and O–H groups in total. The van der Waals surface area contributed by atoms with Crippen molar-refractivity contribution in [1.29, 1.82) is 0 Å². The Morgan fingerprint density at radius 2 is 2.04 bits per heavy atom. The van der Waals surface area contributed by atoms with Crippen LogP contribution < -0.4 is 10.1 Å². The molecule has 1 aliphatic rings. The molecule has 23 heavy (non-hydrogen) atoms. The molecule has 2 aromatic carbocycles. The summed E-state index contributed by atoms with van der Waals surface area (Å²) in [6.07, 6.45) is 6.01. The predicted molar refractivity (Wildman–Crippen MR) is 93.2 cm³/mol. The highest BCUT2D eigenvalue weighted by molar-refractivity contribution is 5.85. The van der Waals surface area contributed by atoms with Gasteiger partial charge < -0.3 is 15.0 Å². The Morgan fingerprint density at radius 3 is 2.87 bits per heavy atom. The number of fused-ring (bicyclic) bond motifs is 1. The highest BCUT2D eigenvalue weighted by atomic mass is 16.5. The zero-order chi connectivity index (χ0) is 15.6. The summed E-state index contributed by atoms with van der Waals surface area (Å²) in [6, 6.07) is 14.3. The maximum atomic E-state index is 5.46. The SMILES string of the molecule is COc1ccccc1-c1ccc2nc(C3=CC=CNC3)[nH]c2c1. The van der Waals surface area contributed by atoms with E-state index in [0.717, 1.165) is 45.9 Å². The summed E-state index contributed by atoms with van der Waals surface area (Å²) in [5.74, 6) is 1.78. The minimum absolute atomic E-state index is 0.787. The van der Waals surface area contributed by atoms with E-state index in [1.54, 1.807) is 7.11 Å². The van der Waals surface area contributed by atoms with E-state index in [0.29, 0.717) is 0 Å². The van der Waals surface area contributed by atoms with Crippen LogP contribution in [0.2, 0.25) is 0 Å². The summed E-state index contributed by atoms with van der Waals surface area (Å²) in [7, 11) is 1.70. The number of aromatic nitrogens is 2. The summed E-state index contributed by atoms with van der Waals surface area (Å²) in [6.45, 7) is 0.787. The average molecular weight is 303 g/mol. The van der Waals surface area contributed by atoms with Crippen molar-refractivity contribution in [2.24, 2.45) is 0 Å². The number of hydrogen-bond donors (Lipinski definition) is 2. The number of nitrogens with zero attached hydrogens (tertiary/aromatic N) is 1. The number of nitrogens with one attached hydrogen (secondary N) is 2. The second-order valence-corrected chi connectivity index (χ2v) is 5.45. The Labute approximate surface area is 134 Å². The van der Waals surface area contributed by atoms with Crippen LogP contribution in [0.4, 0.5) is 0 Å². The molecule has 4 heteroatoms. The van der Waals surface area contributed by atoms with Crippen LogP contribution in [0.3, 0.4) is 0 Å². The molecule has 0 amide bonds. The summed E-state index contributed by atoms with van der Waals surface area (Å²) >= 11 is 0. The number of dihydropyridines is 1. The van der Waals surface area contributed by atoms with Crippen LogP contribution in [0.25, 0.3) is 27.7 Å². The lowest BCUT2D eigenvalue weighted by Crippen LogP contribution is -2.12. The fourth-order valence-electron chi connectivity index (χ4n) is 2.84. The van der Waals surface area contributed by atoms with Gasteiger partial charge in [0.25, 0.3) is 0 Å². The molecule has 3 aromatic rings. The number of hydrogen-bond acceptors (Lipinski definition) is 3. The van der Waals surface area contributed by atoms with Crippen LogP contribution in [0.15, 0.2) is 60.8 Å². The number of allylic oxidation sites excluding steroid dienone is 2. The number of methoxy groups -OCH3 is 1. The average Bonchev–Trinajstić information content (AvgIpc) is 3.05. The van der Waals surface area contributed by atoms with Gasteiger partial charge >= 0.3 is 0 Å². The topological polar surface area (TPSA) is 49.9 Å².